The van der Waals surface area contributed by atoms with Crippen LogP contribution >= 0.6 is 0 Å². The van der Waals surface area contributed by atoms with Gasteiger partial charge in [-0.3, -0.25) is 0 Å². The molecule has 0 heterocycles. The molecule has 0 aromatic rings. The number of hydrogen-bond acceptors (Lipinski definition) is 3. The van der Waals surface area contributed by atoms with Gasteiger partial charge in [-0.15, -0.1) is 0 Å². The molecule has 104 valence electrons. The van der Waals surface area contributed by atoms with Crippen molar-refractivity contribution in [1.82, 2.24) is 5.32 Å². The van der Waals surface area contributed by atoms with Gasteiger partial charge in [0.25, 0.3) is 0 Å². The van der Waals surface area contributed by atoms with Gasteiger partial charge >= 0.3 is 0 Å². The Balaban J connectivity index is 3.70. The Morgan fingerprint density at radius 2 is 1.76 bits per heavy atom. The van der Waals surface area contributed by atoms with Crippen LogP contribution in [0.15, 0.2) is 0 Å². The van der Waals surface area contributed by atoms with E-state index in [1.807, 2.05) is 0 Å². The van der Waals surface area contributed by atoms with Gasteiger partial charge in [-0.05, 0) is 38.1 Å². The predicted molar refractivity (Wildman–Crippen MR) is 73.4 cm³/mol. The summed E-state index contributed by atoms with van der Waals surface area (Å²) in [6, 6.07) is 0.596. The van der Waals surface area contributed by atoms with Gasteiger partial charge in [-0.1, -0.05) is 20.8 Å². The van der Waals surface area contributed by atoms with E-state index in [1.165, 1.54) is 6.42 Å². The highest BCUT2D eigenvalue weighted by Crippen LogP contribution is 2.21. The first-order chi connectivity index (χ1) is 8.13. The van der Waals surface area contributed by atoms with Gasteiger partial charge in [0.05, 0.1) is 13.2 Å². The molecule has 0 bridgehead atoms. The average molecular weight is 245 g/mol. The summed E-state index contributed by atoms with van der Waals surface area (Å²) in [4.78, 5) is 0. The number of hydrogen-bond donors (Lipinski definition) is 1. The molecule has 3 nitrogen and oxygen atoms in total. The first kappa shape index (κ1) is 16.9. The minimum absolute atomic E-state index is 0.596. The minimum atomic E-state index is 0.596. The Kier molecular flexibility index (Phi) is 10.9. The van der Waals surface area contributed by atoms with Crippen molar-refractivity contribution in [3.05, 3.63) is 0 Å². The summed E-state index contributed by atoms with van der Waals surface area (Å²) in [7, 11) is 1.70. The largest absolute Gasteiger partial charge is 0.382 e. The molecule has 0 spiro atoms. The topological polar surface area (TPSA) is 30.5 Å². The lowest BCUT2D eigenvalue weighted by Gasteiger charge is -2.28. The predicted octanol–water partition coefficient (Wildman–Crippen LogP) is 2.70. The second-order valence-corrected chi connectivity index (χ2v) is 5.00. The molecule has 0 aliphatic carbocycles. The van der Waals surface area contributed by atoms with Crippen LogP contribution < -0.4 is 5.32 Å². The maximum absolute atomic E-state index is 5.50. The van der Waals surface area contributed by atoms with Crippen molar-refractivity contribution in [2.75, 3.05) is 33.5 Å². The lowest BCUT2D eigenvalue weighted by molar-refractivity contribution is 0.0654. The van der Waals surface area contributed by atoms with Crippen LogP contribution in [-0.4, -0.2) is 39.5 Å². The van der Waals surface area contributed by atoms with Crippen molar-refractivity contribution in [1.29, 1.82) is 0 Å². The van der Waals surface area contributed by atoms with Crippen LogP contribution in [0.1, 0.15) is 40.5 Å². The maximum atomic E-state index is 5.50. The summed E-state index contributed by atoms with van der Waals surface area (Å²) >= 11 is 0. The molecular formula is C14H31NO2. The van der Waals surface area contributed by atoms with Crippen molar-refractivity contribution in [3.8, 4) is 0 Å². The third-order valence-corrected chi connectivity index (χ3v) is 3.28. The van der Waals surface area contributed by atoms with Gasteiger partial charge in [-0.25, -0.2) is 0 Å². The Morgan fingerprint density at radius 3 is 2.29 bits per heavy atom. The van der Waals surface area contributed by atoms with Crippen LogP contribution in [0.5, 0.6) is 0 Å². The van der Waals surface area contributed by atoms with E-state index in [4.69, 9.17) is 9.47 Å². The van der Waals surface area contributed by atoms with E-state index in [9.17, 15) is 0 Å². The fourth-order valence-corrected chi connectivity index (χ4v) is 2.30. The number of rotatable bonds is 11. The molecule has 3 heteroatoms. The zero-order valence-electron chi connectivity index (χ0n) is 12.3. The van der Waals surface area contributed by atoms with E-state index in [2.05, 4.69) is 33.0 Å². The first-order valence-corrected chi connectivity index (χ1v) is 6.93. The Hall–Kier alpha value is -0.120. The molecule has 2 atom stereocenters. The quantitative estimate of drug-likeness (QED) is 0.568. The van der Waals surface area contributed by atoms with Crippen LogP contribution in [0.25, 0.3) is 0 Å². The zero-order chi connectivity index (χ0) is 13.1. The Morgan fingerprint density at radius 1 is 1.06 bits per heavy atom. The number of nitrogens with one attached hydrogen (secondary N) is 1. The summed E-state index contributed by atoms with van der Waals surface area (Å²) in [6.45, 7) is 12.4. The lowest BCUT2D eigenvalue weighted by Crippen LogP contribution is -2.36. The summed E-state index contributed by atoms with van der Waals surface area (Å²) in [5, 5.41) is 3.53. The molecule has 0 aliphatic heterocycles. The molecule has 0 amide bonds. The number of methoxy groups -OCH3 is 1. The number of ether oxygens (including phenoxy) is 2. The van der Waals surface area contributed by atoms with Gasteiger partial charge in [0.1, 0.15) is 0 Å². The van der Waals surface area contributed by atoms with Crippen LogP contribution in [0.3, 0.4) is 0 Å². The molecule has 0 aliphatic rings. The molecule has 0 aromatic carbocycles. The van der Waals surface area contributed by atoms with Crippen LogP contribution in [-0.2, 0) is 9.47 Å². The average Bonchev–Trinajstić information content (AvgIpc) is 2.27. The highest BCUT2D eigenvalue weighted by Gasteiger charge is 2.19. The second kappa shape index (κ2) is 11.0. The van der Waals surface area contributed by atoms with Crippen LogP contribution in [0.4, 0.5) is 0 Å². The van der Waals surface area contributed by atoms with E-state index in [1.54, 1.807) is 7.11 Å². The third kappa shape index (κ3) is 8.58. The molecule has 0 rings (SSSR count). The minimum Gasteiger partial charge on any atom is -0.382 e. The smallest absolute Gasteiger partial charge is 0.0700 e. The van der Waals surface area contributed by atoms with Crippen molar-refractivity contribution < 1.29 is 9.47 Å². The highest BCUT2D eigenvalue weighted by atomic mass is 16.5. The molecule has 2 unspecified atom stereocenters. The van der Waals surface area contributed by atoms with E-state index in [-0.39, 0.29) is 0 Å². The molecule has 0 radical (unpaired) electrons. The molecule has 17 heavy (non-hydrogen) atoms. The van der Waals surface area contributed by atoms with E-state index in [0.717, 1.165) is 31.4 Å². The summed E-state index contributed by atoms with van der Waals surface area (Å²) in [5.74, 6) is 1.46. The highest BCUT2D eigenvalue weighted by molar-refractivity contribution is 4.74. The summed E-state index contributed by atoms with van der Waals surface area (Å²) in [5.41, 5.74) is 0. The fourth-order valence-electron chi connectivity index (χ4n) is 2.30. The SMILES string of the molecule is CCNC(C)C(CCCOCCOC)C(C)C. The van der Waals surface area contributed by atoms with Gasteiger partial charge < -0.3 is 14.8 Å². The summed E-state index contributed by atoms with van der Waals surface area (Å²) < 4.78 is 10.4. The molecule has 0 aromatic heterocycles. The third-order valence-electron chi connectivity index (χ3n) is 3.28. The van der Waals surface area contributed by atoms with Crippen molar-refractivity contribution in [3.63, 3.8) is 0 Å². The van der Waals surface area contributed by atoms with Crippen molar-refractivity contribution in [2.45, 2.75) is 46.6 Å². The van der Waals surface area contributed by atoms with Crippen molar-refractivity contribution in [2.24, 2.45) is 11.8 Å². The monoisotopic (exact) mass is 245 g/mol. The zero-order valence-corrected chi connectivity index (χ0v) is 12.3. The van der Waals surface area contributed by atoms with E-state index >= 15 is 0 Å². The van der Waals surface area contributed by atoms with Crippen molar-refractivity contribution >= 4 is 0 Å². The Bertz CT molecular complexity index is 162. The van der Waals surface area contributed by atoms with Crippen LogP contribution in [0.2, 0.25) is 0 Å². The maximum Gasteiger partial charge on any atom is 0.0700 e. The molecular weight excluding hydrogens is 214 g/mol. The fraction of sp³-hybridized carbons (Fsp3) is 1.00. The first-order valence-electron chi connectivity index (χ1n) is 6.93. The molecule has 1 N–H and O–H groups in total. The normalized spacial score (nSPS) is 15.2. The lowest BCUT2D eigenvalue weighted by atomic mass is 9.85. The molecule has 0 saturated heterocycles. The van der Waals surface area contributed by atoms with Gasteiger partial charge in [0.15, 0.2) is 0 Å². The standard InChI is InChI=1S/C14H31NO2/c1-6-15-13(4)14(12(2)3)8-7-9-17-11-10-16-5/h12-15H,6-11H2,1-5H3. The Labute approximate surface area is 107 Å². The summed E-state index contributed by atoms with van der Waals surface area (Å²) in [6.07, 6.45) is 2.38. The van der Waals surface area contributed by atoms with Gasteiger partial charge in [0, 0.05) is 19.8 Å². The van der Waals surface area contributed by atoms with Gasteiger partial charge in [-0.2, -0.15) is 0 Å². The molecule has 0 fully saturated rings. The van der Waals surface area contributed by atoms with Crippen LogP contribution in [0, 0.1) is 11.8 Å². The van der Waals surface area contributed by atoms with Gasteiger partial charge in [0.2, 0.25) is 0 Å². The van der Waals surface area contributed by atoms with E-state index in [0.29, 0.717) is 19.3 Å². The second-order valence-electron chi connectivity index (χ2n) is 5.00. The molecule has 0 saturated carbocycles. The van der Waals surface area contributed by atoms with E-state index < -0.39 is 0 Å².